The van der Waals surface area contributed by atoms with Crippen LogP contribution in [-0.2, 0) is 9.59 Å². The van der Waals surface area contributed by atoms with Gasteiger partial charge in [-0.1, -0.05) is 48.4 Å². The fourth-order valence-electron chi connectivity index (χ4n) is 3.34. The largest absolute Gasteiger partial charge is 0.473 e. The van der Waals surface area contributed by atoms with E-state index in [4.69, 9.17) is 31.4 Å². The molecule has 1 saturated heterocycles. The maximum Gasteiger partial charge on any atom is 0.414 e. The van der Waals surface area contributed by atoms with E-state index in [1.807, 2.05) is 54.6 Å². The molecule has 31 heavy (non-hydrogen) atoms. The molecule has 2 aromatic carbocycles. The van der Waals surface area contributed by atoms with Gasteiger partial charge in [-0.05, 0) is 62.2 Å². The van der Waals surface area contributed by atoms with E-state index in [-0.39, 0.29) is 11.9 Å². The van der Waals surface area contributed by atoms with E-state index >= 15 is 0 Å². The van der Waals surface area contributed by atoms with Gasteiger partial charge in [-0.3, -0.25) is 4.79 Å². The van der Waals surface area contributed by atoms with Crippen molar-refractivity contribution in [1.82, 2.24) is 10.2 Å². The van der Waals surface area contributed by atoms with Crippen LogP contribution in [0.2, 0.25) is 5.02 Å². The van der Waals surface area contributed by atoms with Crippen LogP contribution in [-0.4, -0.2) is 52.6 Å². The second-order valence-electron chi connectivity index (χ2n) is 7.24. The number of hydrogen-bond donors (Lipinski definition) is 3. The Hall–Kier alpha value is -2.90. The maximum atomic E-state index is 12.6. The smallest absolute Gasteiger partial charge is 0.414 e. The molecule has 1 heterocycles. The molecular formula is C23H27ClN2O5. The van der Waals surface area contributed by atoms with Crippen molar-refractivity contribution in [1.29, 1.82) is 0 Å². The van der Waals surface area contributed by atoms with Crippen LogP contribution in [0.1, 0.15) is 47.6 Å². The van der Waals surface area contributed by atoms with Gasteiger partial charge in [0.15, 0.2) is 0 Å². The van der Waals surface area contributed by atoms with Crippen LogP contribution in [0.25, 0.3) is 0 Å². The molecule has 7 nitrogen and oxygen atoms in total. The van der Waals surface area contributed by atoms with Crippen molar-refractivity contribution >= 4 is 29.4 Å². The summed E-state index contributed by atoms with van der Waals surface area (Å²) in [6.45, 7) is 3.34. The lowest BCUT2D eigenvalue weighted by Gasteiger charge is -2.28. The van der Waals surface area contributed by atoms with Crippen molar-refractivity contribution in [2.45, 2.75) is 31.7 Å². The number of carboxylic acids is 2. The number of nitrogens with zero attached hydrogens (tertiary/aromatic N) is 1. The first kappa shape index (κ1) is 24.4. The van der Waals surface area contributed by atoms with Crippen LogP contribution in [0.3, 0.4) is 0 Å². The number of nitrogens with one attached hydrogen (secondary N) is 1. The minimum absolute atomic E-state index is 0.00750. The highest BCUT2D eigenvalue weighted by molar-refractivity contribution is 6.30. The minimum Gasteiger partial charge on any atom is -0.473 e. The molecule has 0 bridgehead atoms. The van der Waals surface area contributed by atoms with E-state index in [0.29, 0.717) is 10.6 Å². The van der Waals surface area contributed by atoms with Gasteiger partial charge in [0.05, 0.1) is 6.04 Å². The Morgan fingerprint density at radius 1 is 0.903 bits per heavy atom. The molecule has 1 fully saturated rings. The number of aliphatic carboxylic acids is 2. The molecule has 0 saturated carbocycles. The van der Waals surface area contributed by atoms with Crippen molar-refractivity contribution in [2.24, 2.45) is 0 Å². The Balaban J connectivity index is 0.000000501. The van der Waals surface area contributed by atoms with Crippen LogP contribution >= 0.6 is 11.6 Å². The number of carboxylic acid groups (broad SMARTS) is 2. The third-order valence-corrected chi connectivity index (χ3v) is 5.23. The molecule has 8 heteroatoms. The van der Waals surface area contributed by atoms with E-state index in [9.17, 15) is 4.79 Å². The second kappa shape index (κ2) is 12.7. The molecule has 166 valence electrons. The third kappa shape index (κ3) is 8.78. The zero-order valence-corrected chi connectivity index (χ0v) is 17.9. The topological polar surface area (TPSA) is 107 Å². The standard InChI is InChI=1S/C21H25ClN2O.C2H2O4/c22-19-11-9-17(10-12-19)20(13-16-24-14-5-2-6-15-24)23-21(25)18-7-3-1-4-8-18;3-1(4)2(5)6/h1,3-4,7-12,20H,2,5-6,13-16H2,(H,23,25);(H,3,4)(H,5,6). The molecule has 0 spiro atoms. The minimum atomic E-state index is -1.82. The summed E-state index contributed by atoms with van der Waals surface area (Å²) in [5.41, 5.74) is 1.80. The van der Waals surface area contributed by atoms with Gasteiger partial charge in [0, 0.05) is 17.1 Å². The first-order valence-electron chi connectivity index (χ1n) is 10.2. The third-order valence-electron chi connectivity index (χ3n) is 4.98. The van der Waals surface area contributed by atoms with Crippen LogP contribution in [0, 0.1) is 0 Å². The summed E-state index contributed by atoms with van der Waals surface area (Å²) in [5, 5.41) is 18.7. The predicted molar refractivity (Wildman–Crippen MR) is 118 cm³/mol. The molecule has 1 atom stereocenters. The summed E-state index contributed by atoms with van der Waals surface area (Å²) in [6, 6.07) is 17.2. The molecule has 1 unspecified atom stereocenters. The zero-order chi connectivity index (χ0) is 22.6. The number of amides is 1. The normalized spacial score (nSPS) is 14.6. The number of likely N-dealkylation sites (tertiary alicyclic amines) is 1. The van der Waals surface area contributed by atoms with Crippen molar-refractivity contribution in [3.63, 3.8) is 0 Å². The van der Waals surface area contributed by atoms with Crippen molar-refractivity contribution < 1.29 is 24.6 Å². The van der Waals surface area contributed by atoms with Gasteiger partial charge in [0.25, 0.3) is 5.91 Å². The molecular weight excluding hydrogens is 420 g/mol. The lowest BCUT2D eigenvalue weighted by molar-refractivity contribution is -0.159. The highest BCUT2D eigenvalue weighted by Crippen LogP contribution is 2.21. The fourth-order valence-corrected chi connectivity index (χ4v) is 3.47. The van der Waals surface area contributed by atoms with E-state index in [1.165, 1.54) is 32.4 Å². The number of carbonyl (C=O) groups is 3. The number of rotatable bonds is 6. The first-order valence-corrected chi connectivity index (χ1v) is 10.5. The van der Waals surface area contributed by atoms with Gasteiger partial charge in [0.1, 0.15) is 0 Å². The van der Waals surface area contributed by atoms with Gasteiger partial charge in [-0.2, -0.15) is 0 Å². The fraction of sp³-hybridized carbons (Fsp3) is 0.348. The Morgan fingerprint density at radius 3 is 2.03 bits per heavy atom. The molecule has 3 rings (SSSR count). The van der Waals surface area contributed by atoms with Crippen molar-refractivity contribution in [3.05, 3.63) is 70.7 Å². The molecule has 1 amide bonds. The SMILES string of the molecule is O=C(NC(CCN1CCCCC1)c1ccc(Cl)cc1)c1ccccc1.O=C(O)C(=O)O. The Bertz CT molecular complexity index is 840. The number of hydrogen-bond acceptors (Lipinski definition) is 4. The molecule has 0 aliphatic carbocycles. The van der Waals surface area contributed by atoms with Crippen molar-refractivity contribution in [3.8, 4) is 0 Å². The van der Waals surface area contributed by atoms with Gasteiger partial charge in [0.2, 0.25) is 0 Å². The Labute approximate surface area is 186 Å². The van der Waals surface area contributed by atoms with Crippen LogP contribution in [0.15, 0.2) is 54.6 Å². The average molecular weight is 447 g/mol. The summed E-state index contributed by atoms with van der Waals surface area (Å²) in [5.74, 6) is -3.68. The lowest BCUT2D eigenvalue weighted by Crippen LogP contribution is -2.35. The Morgan fingerprint density at radius 2 is 1.48 bits per heavy atom. The second-order valence-corrected chi connectivity index (χ2v) is 7.68. The van der Waals surface area contributed by atoms with E-state index < -0.39 is 11.9 Å². The summed E-state index contributed by atoms with van der Waals surface area (Å²) >= 11 is 6.02. The van der Waals surface area contributed by atoms with Gasteiger partial charge >= 0.3 is 11.9 Å². The monoisotopic (exact) mass is 446 g/mol. The van der Waals surface area contributed by atoms with Gasteiger partial charge in [-0.15, -0.1) is 0 Å². The highest BCUT2D eigenvalue weighted by Gasteiger charge is 2.18. The molecule has 3 N–H and O–H groups in total. The molecule has 2 aromatic rings. The quantitative estimate of drug-likeness (QED) is 0.582. The predicted octanol–water partition coefficient (Wildman–Crippen LogP) is 3.84. The van der Waals surface area contributed by atoms with Gasteiger partial charge in [-0.25, -0.2) is 9.59 Å². The van der Waals surface area contributed by atoms with Crippen LogP contribution in [0.4, 0.5) is 0 Å². The molecule has 1 aliphatic rings. The van der Waals surface area contributed by atoms with E-state index in [1.54, 1.807) is 0 Å². The first-order chi connectivity index (χ1) is 14.9. The van der Waals surface area contributed by atoms with E-state index in [2.05, 4.69) is 10.2 Å². The highest BCUT2D eigenvalue weighted by atomic mass is 35.5. The number of benzene rings is 2. The summed E-state index contributed by atoms with van der Waals surface area (Å²) < 4.78 is 0. The van der Waals surface area contributed by atoms with E-state index in [0.717, 1.165) is 18.5 Å². The van der Waals surface area contributed by atoms with Crippen molar-refractivity contribution in [2.75, 3.05) is 19.6 Å². The average Bonchev–Trinajstić information content (AvgIpc) is 2.79. The number of halogens is 1. The maximum absolute atomic E-state index is 12.6. The molecule has 0 aromatic heterocycles. The number of piperidine rings is 1. The lowest BCUT2D eigenvalue weighted by atomic mass is 10.0. The summed E-state index contributed by atoms with van der Waals surface area (Å²) in [4.78, 5) is 33.3. The van der Waals surface area contributed by atoms with Gasteiger partial charge < -0.3 is 20.4 Å². The summed E-state index contributed by atoms with van der Waals surface area (Å²) in [7, 11) is 0. The molecule has 1 aliphatic heterocycles. The zero-order valence-electron chi connectivity index (χ0n) is 17.2. The van der Waals surface area contributed by atoms with Crippen LogP contribution in [0.5, 0.6) is 0 Å². The van der Waals surface area contributed by atoms with Crippen LogP contribution < -0.4 is 5.32 Å². The Kier molecular flexibility index (Phi) is 10.00. The number of carbonyl (C=O) groups excluding carboxylic acids is 1. The summed E-state index contributed by atoms with van der Waals surface area (Å²) in [6.07, 6.45) is 4.80. The molecule has 0 radical (unpaired) electrons.